The van der Waals surface area contributed by atoms with E-state index in [1.54, 1.807) is 0 Å². The molecule has 5 rings (SSSR count). The molecule has 3 nitrogen and oxygen atoms in total. The van der Waals surface area contributed by atoms with Crippen molar-refractivity contribution in [2.45, 2.75) is 38.5 Å². The molecule has 0 unspecified atom stereocenters. The van der Waals surface area contributed by atoms with Crippen molar-refractivity contribution in [2.75, 3.05) is 11.9 Å². The second kappa shape index (κ2) is 6.46. The minimum Gasteiger partial charge on any atom is -0.449 e. The molecule has 4 aliphatic carbocycles. The molecule has 1 aromatic rings. The number of amides is 1. The molecule has 1 amide bonds. The molecule has 4 bridgehead atoms. The molecule has 124 valence electrons. The summed E-state index contributed by atoms with van der Waals surface area (Å²) in [5.41, 5.74) is 0.771. The van der Waals surface area contributed by atoms with Crippen LogP contribution in [0.3, 0.4) is 0 Å². The first-order valence-corrected chi connectivity index (χ1v) is 9.66. The molecule has 4 saturated carbocycles. The maximum Gasteiger partial charge on any atom is 0.411 e. The zero-order valence-corrected chi connectivity index (χ0v) is 14.9. The van der Waals surface area contributed by atoms with Gasteiger partial charge in [0.15, 0.2) is 0 Å². The number of anilines is 1. The Kier molecular flexibility index (Phi) is 4.35. The predicted octanol–water partition coefficient (Wildman–Crippen LogP) is 5.46. The van der Waals surface area contributed by atoms with Crippen LogP contribution in [0.4, 0.5) is 10.5 Å². The molecule has 0 aromatic heterocycles. The fourth-order valence-corrected chi connectivity index (χ4v) is 5.75. The summed E-state index contributed by atoms with van der Waals surface area (Å²) in [4.78, 5) is 11.9. The smallest absolute Gasteiger partial charge is 0.411 e. The lowest BCUT2D eigenvalue weighted by atomic mass is 9.51. The molecule has 0 atom stereocenters. The first-order valence-electron chi connectivity index (χ1n) is 8.86. The summed E-state index contributed by atoms with van der Waals surface area (Å²) in [5.74, 6) is 4.63. The van der Waals surface area contributed by atoms with Crippen LogP contribution in [-0.4, -0.2) is 12.7 Å². The van der Waals surface area contributed by atoms with Crippen molar-refractivity contribution in [3.8, 4) is 0 Å². The van der Waals surface area contributed by atoms with Gasteiger partial charge in [-0.25, -0.2) is 4.79 Å². The van der Waals surface area contributed by atoms with Crippen LogP contribution >= 0.6 is 15.9 Å². The quantitative estimate of drug-likeness (QED) is 0.756. The Hall–Kier alpha value is -1.03. The third kappa shape index (κ3) is 3.42. The van der Waals surface area contributed by atoms with Gasteiger partial charge < -0.3 is 4.74 Å². The monoisotopic (exact) mass is 377 g/mol. The van der Waals surface area contributed by atoms with Crippen molar-refractivity contribution in [1.29, 1.82) is 0 Å². The van der Waals surface area contributed by atoms with Crippen molar-refractivity contribution < 1.29 is 9.53 Å². The zero-order valence-electron chi connectivity index (χ0n) is 13.3. The SMILES string of the molecule is O=C(Nc1ccc(Br)cc1)OCCC1C2CC3CC(C2)CC1C3. The largest absolute Gasteiger partial charge is 0.449 e. The second-order valence-electron chi connectivity index (χ2n) is 7.65. The number of nitrogens with one attached hydrogen (secondary N) is 1. The number of carbonyl (C=O) groups excluding carboxylic acids is 1. The summed E-state index contributed by atoms with van der Waals surface area (Å²) >= 11 is 3.38. The van der Waals surface area contributed by atoms with Gasteiger partial charge in [0.2, 0.25) is 0 Å². The molecular weight excluding hydrogens is 354 g/mol. The fourth-order valence-electron chi connectivity index (χ4n) is 5.48. The highest BCUT2D eigenvalue weighted by molar-refractivity contribution is 9.10. The molecule has 1 N–H and O–H groups in total. The minimum atomic E-state index is -0.337. The van der Waals surface area contributed by atoms with Crippen LogP contribution in [0.1, 0.15) is 38.5 Å². The summed E-state index contributed by atoms with van der Waals surface area (Å²) in [5, 5.41) is 2.79. The van der Waals surface area contributed by atoms with E-state index in [1.807, 2.05) is 24.3 Å². The third-order valence-corrected chi connectivity index (χ3v) is 6.73. The van der Waals surface area contributed by atoms with Crippen LogP contribution < -0.4 is 5.32 Å². The van der Waals surface area contributed by atoms with E-state index in [-0.39, 0.29) is 6.09 Å². The number of carbonyl (C=O) groups is 1. The average Bonchev–Trinajstić information content (AvgIpc) is 2.51. The van der Waals surface area contributed by atoms with Crippen LogP contribution in [0, 0.1) is 29.6 Å². The molecule has 0 heterocycles. The zero-order chi connectivity index (χ0) is 15.8. The molecule has 0 radical (unpaired) electrons. The summed E-state index contributed by atoms with van der Waals surface area (Å²) in [6.07, 6.45) is 7.93. The lowest BCUT2D eigenvalue weighted by molar-refractivity contribution is -0.0450. The van der Waals surface area contributed by atoms with E-state index in [9.17, 15) is 4.79 Å². The molecule has 23 heavy (non-hydrogen) atoms. The Balaban J connectivity index is 1.24. The van der Waals surface area contributed by atoms with E-state index < -0.39 is 0 Å². The lowest BCUT2D eigenvalue weighted by Gasteiger charge is -2.54. The molecule has 4 heteroatoms. The van der Waals surface area contributed by atoms with Gasteiger partial charge in [-0.05, 0) is 92.4 Å². The van der Waals surface area contributed by atoms with Gasteiger partial charge >= 0.3 is 6.09 Å². The molecule has 4 fully saturated rings. The second-order valence-corrected chi connectivity index (χ2v) is 8.57. The van der Waals surface area contributed by atoms with E-state index in [4.69, 9.17) is 4.74 Å². The van der Waals surface area contributed by atoms with Crippen molar-refractivity contribution in [2.24, 2.45) is 29.6 Å². The van der Waals surface area contributed by atoms with Crippen molar-refractivity contribution in [1.82, 2.24) is 0 Å². The van der Waals surface area contributed by atoms with E-state index in [0.29, 0.717) is 6.61 Å². The van der Waals surface area contributed by atoms with Crippen molar-refractivity contribution in [3.05, 3.63) is 28.7 Å². The van der Waals surface area contributed by atoms with Crippen LogP contribution in [0.25, 0.3) is 0 Å². The van der Waals surface area contributed by atoms with Gasteiger partial charge in [0, 0.05) is 10.2 Å². The summed E-state index contributed by atoms with van der Waals surface area (Å²) in [6.45, 7) is 0.551. The van der Waals surface area contributed by atoms with Crippen LogP contribution in [0.5, 0.6) is 0 Å². The normalized spacial score (nSPS) is 34.4. The topological polar surface area (TPSA) is 38.3 Å². The number of halogens is 1. The van der Waals surface area contributed by atoms with Gasteiger partial charge in [-0.1, -0.05) is 15.9 Å². The minimum absolute atomic E-state index is 0.337. The summed E-state index contributed by atoms with van der Waals surface area (Å²) < 4.78 is 6.42. The van der Waals surface area contributed by atoms with E-state index in [2.05, 4.69) is 21.2 Å². The van der Waals surface area contributed by atoms with Gasteiger partial charge in [-0.15, -0.1) is 0 Å². The number of hydrogen-bond donors (Lipinski definition) is 1. The molecule has 1 aromatic carbocycles. The standard InChI is InChI=1S/C19H24BrNO2/c20-16-1-3-17(4-2-16)21-19(22)23-6-5-18-14-8-12-7-13(10-14)11-15(18)9-12/h1-4,12-15,18H,5-11H2,(H,21,22). The van der Waals surface area contributed by atoms with E-state index >= 15 is 0 Å². The molecule has 0 aliphatic heterocycles. The Morgan fingerprint density at radius 3 is 2.26 bits per heavy atom. The first kappa shape index (κ1) is 15.5. The van der Waals surface area contributed by atoms with Crippen molar-refractivity contribution >= 4 is 27.7 Å². The molecule has 4 aliphatic rings. The number of ether oxygens (including phenoxy) is 1. The average molecular weight is 378 g/mol. The maximum atomic E-state index is 11.9. The Labute approximate surface area is 146 Å². The third-order valence-electron chi connectivity index (χ3n) is 6.20. The Morgan fingerprint density at radius 2 is 1.65 bits per heavy atom. The van der Waals surface area contributed by atoms with Gasteiger partial charge in [0.05, 0.1) is 6.61 Å². The van der Waals surface area contributed by atoms with Crippen molar-refractivity contribution in [3.63, 3.8) is 0 Å². The fraction of sp³-hybridized carbons (Fsp3) is 0.632. The van der Waals surface area contributed by atoms with Gasteiger partial charge in [0.1, 0.15) is 0 Å². The summed E-state index contributed by atoms with van der Waals surface area (Å²) in [7, 11) is 0. The Bertz CT molecular complexity index is 543. The molecule has 0 saturated heterocycles. The number of benzene rings is 1. The molecular formula is C19H24BrNO2. The first-order chi connectivity index (χ1) is 11.2. The maximum absolute atomic E-state index is 11.9. The van der Waals surface area contributed by atoms with Gasteiger partial charge in [-0.2, -0.15) is 0 Å². The van der Waals surface area contributed by atoms with Crippen LogP contribution in [-0.2, 0) is 4.74 Å². The Morgan fingerprint density at radius 1 is 1.04 bits per heavy atom. The lowest BCUT2D eigenvalue weighted by Crippen LogP contribution is -2.45. The highest BCUT2D eigenvalue weighted by atomic mass is 79.9. The van der Waals surface area contributed by atoms with E-state index in [1.165, 1.54) is 32.1 Å². The van der Waals surface area contributed by atoms with E-state index in [0.717, 1.165) is 46.2 Å². The van der Waals surface area contributed by atoms with Crippen LogP contribution in [0.15, 0.2) is 28.7 Å². The van der Waals surface area contributed by atoms with Gasteiger partial charge in [-0.3, -0.25) is 5.32 Å². The highest BCUT2D eigenvalue weighted by Crippen LogP contribution is 2.57. The summed E-state index contributed by atoms with van der Waals surface area (Å²) in [6, 6.07) is 7.54. The predicted molar refractivity (Wildman–Crippen MR) is 94.3 cm³/mol. The van der Waals surface area contributed by atoms with Crippen LogP contribution in [0.2, 0.25) is 0 Å². The highest BCUT2D eigenvalue weighted by Gasteiger charge is 2.47. The molecule has 0 spiro atoms. The number of hydrogen-bond acceptors (Lipinski definition) is 2. The number of rotatable bonds is 4. The van der Waals surface area contributed by atoms with Gasteiger partial charge in [0.25, 0.3) is 0 Å².